The Kier molecular flexibility index (Phi) is 4.09. The van der Waals surface area contributed by atoms with Crippen LogP contribution in [0.4, 0.5) is 0 Å². The summed E-state index contributed by atoms with van der Waals surface area (Å²) in [5, 5.41) is 19.1. The highest BCUT2D eigenvalue weighted by Gasteiger charge is 2.29. The molecule has 4 nitrogen and oxygen atoms in total. The fraction of sp³-hybridized carbons (Fsp3) is 0.462. The van der Waals surface area contributed by atoms with Crippen molar-refractivity contribution in [2.24, 2.45) is 0 Å². The van der Waals surface area contributed by atoms with Crippen LogP contribution in [0, 0.1) is 0 Å². The Bertz CT molecular complexity index is 446. The number of phenols is 1. The van der Waals surface area contributed by atoms with Crippen LogP contribution >= 0.6 is 11.6 Å². The molecule has 0 unspecified atom stereocenters. The van der Waals surface area contributed by atoms with Gasteiger partial charge in [0, 0.05) is 29.7 Å². The monoisotopic (exact) mass is 269 g/mol. The van der Waals surface area contributed by atoms with Gasteiger partial charge in [0.25, 0.3) is 0 Å². The molecule has 18 heavy (non-hydrogen) atoms. The Morgan fingerprint density at radius 3 is 2.78 bits per heavy atom. The average Bonchev–Trinajstić information content (AvgIpc) is 3.12. The lowest BCUT2D eigenvalue weighted by atomic mass is 10.2. The first-order chi connectivity index (χ1) is 8.56. The van der Waals surface area contributed by atoms with Gasteiger partial charge in [0.2, 0.25) is 0 Å². The summed E-state index contributed by atoms with van der Waals surface area (Å²) in [6, 6.07) is 5.38. The highest BCUT2D eigenvalue weighted by molar-refractivity contribution is 6.30. The molecule has 0 heterocycles. The van der Waals surface area contributed by atoms with E-state index in [1.54, 1.807) is 18.2 Å². The Balaban J connectivity index is 2.03. The third-order valence-corrected chi connectivity index (χ3v) is 3.33. The van der Waals surface area contributed by atoms with Crippen LogP contribution in [0.15, 0.2) is 18.2 Å². The number of hydrogen-bond acceptors (Lipinski definition) is 3. The van der Waals surface area contributed by atoms with Crippen molar-refractivity contribution in [2.45, 2.75) is 31.8 Å². The molecule has 98 valence electrons. The summed E-state index contributed by atoms with van der Waals surface area (Å²) in [6.07, 6.45) is 2.32. The molecule has 1 aromatic rings. The van der Waals surface area contributed by atoms with E-state index in [0.717, 1.165) is 18.4 Å². The predicted octanol–water partition coefficient (Wildman–Crippen LogP) is 2.48. The lowest BCUT2D eigenvalue weighted by Crippen LogP contribution is -2.28. The van der Waals surface area contributed by atoms with E-state index >= 15 is 0 Å². The van der Waals surface area contributed by atoms with E-state index in [0.29, 0.717) is 24.2 Å². The van der Waals surface area contributed by atoms with Crippen LogP contribution in [0.25, 0.3) is 0 Å². The normalized spacial score (nSPS) is 15.0. The molecule has 1 aromatic carbocycles. The van der Waals surface area contributed by atoms with Crippen LogP contribution in [0.3, 0.4) is 0 Å². The molecule has 0 amide bonds. The minimum atomic E-state index is -0.795. The lowest BCUT2D eigenvalue weighted by molar-refractivity contribution is -0.137. The number of rotatable bonds is 6. The molecule has 0 radical (unpaired) electrons. The molecule has 2 N–H and O–H groups in total. The number of benzene rings is 1. The first-order valence-corrected chi connectivity index (χ1v) is 6.37. The number of carbonyl (C=O) groups is 1. The van der Waals surface area contributed by atoms with Gasteiger partial charge < -0.3 is 10.2 Å². The quantitative estimate of drug-likeness (QED) is 0.833. The van der Waals surface area contributed by atoms with Crippen LogP contribution in [0.2, 0.25) is 5.02 Å². The van der Waals surface area contributed by atoms with E-state index in [1.807, 2.05) is 0 Å². The molecule has 1 aliphatic carbocycles. The van der Waals surface area contributed by atoms with Crippen molar-refractivity contribution in [3.8, 4) is 5.75 Å². The maximum Gasteiger partial charge on any atom is 0.304 e. The van der Waals surface area contributed by atoms with E-state index in [1.165, 1.54) is 0 Å². The Labute approximate surface area is 111 Å². The van der Waals surface area contributed by atoms with Crippen LogP contribution in [-0.2, 0) is 11.3 Å². The molecule has 1 saturated carbocycles. The topological polar surface area (TPSA) is 60.8 Å². The summed E-state index contributed by atoms with van der Waals surface area (Å²) in [5.41, 5.74) is 0.750. The molecular formula is C13H16ClNO3. The second-order valence-corrected chi connectivity index (χ2v) is 5.05. The molecule has 1 fully saturated rings. The molecule has 0 atom stereocenters. The fourth-order valence-electron chi connectivity index (χ4n) is 1.97. The summed E-state index contributed by atoms with van der Waals surface area (Å²) in [7, 11) is 0. The first-order valence-electron chi connectivity index (χ1n) is 5.99. The standard InChI is InChI=1S/C13H16ClNO3/c14-10-1-4-12(16)9(7-10)8-15(11-2-3-11)6-5-13(17)18/h1,4,7,11,16H,2-3,5-6,8H2,(H,17,18). The number of hydrogen-bond donors (Lipinski definition) is 2. The van der Waals surface area contributed by atoms with Crippen molar-refractivity contribution >= 4 is 17.6 Å². The van der Waals surface area contributed by atoms with Gasteiger partial charge in [-0.1, -0.05) is 11.6 Å². The molecule has 0 aromatic heterocycles. The highest BCUT2D eigenvalue weighted by atomic mass is 35.5. The molecule has 2 rings (SSSR count). The highest BCUT2D eigenvalue weighted by Crippen LogP contribution is 2.31. The van der Waals surface area contributed by atoms with Crippen LogP contribution in [0.5, 0.6) is 5.75 Å². The van der Waals surface area contributed by atoms with E-state index in [9.17, 15) is 9.90 Å². The van der Waals surface area contributed by atoms with Gasteiger partial charge in [-0.05, 0) is 31.0 Å². The maximum absolute atomic E-state index is 10.6. The summed E-state index contributed by atoms with van der Waals surface area (Å²) in [6.45, 7) is 1.05. The van der Waals surface area contributed by atoms with Gasteiger partial charge in [-0.2, -0.15) is 0 Å². The lowest BCUT2D eigenvalue weighted by Gasteiger charge is -2.21. The van der Waals surface area contributed by atoms with Gasteiger partial charge in [0.1, 0.15) is 5.75 Å². The molecule has 0 aliphatic heterocycles. The average molecular weight is 270 g/mol. The second kappa shape index (κ2) is 5.59. The van der Waals surface area contributed by atoms with Crippen molar-refractivity contribution in [2.75, 3.05) is 6.54 Å². The Morgan fingerprint density at radius 1 is 1.44 bits per heavy atom. The van der Waals surface area contributed by atoms with Crippen LogP contribution in [0.1, 0.15) is 24.8 Å². The van der Waals surface area contributed by atoms with Crippen molar-refractivity contribution in [1.29, 1.82) is 0 Å². The number of carboxylic acids is 1. The van der Waals surface area contributed by atoms with Gasteiger partial charge in [-0.3, -0.25) is 9.69 Å². The van der Waals surface area contributed by atoms with E-state index < -0.39 is 5.97 Å². The largest absolute Gasteiger partial charge is 0.508 e. The van der Waals surface area contributed by atoms with Gasteiger partial charge in [-0.15, -0.1) is 0 Å². The zero-order valence-electron chi connectivity index (χ0n) is 9.97. The predicted molar refractivity (Wildman–Crippen MR) is 68.8 cm³/mol. The van der Waals surface area contributed by atoms with E-state index in [4.69, 9.17) is 16.7 Å². The summed E-state index contributed by atoms with van der Waals surface area (Å²) >= 11 is 5.90. The number of nitrogens with zero attached hydrogens (tertiary/aromatic N) is 1. The fourth-order valence-corrected chi connectivity index (χ4v) is 2.16. The minimum absolute atomic E-state index is 0.123. The maximum atomic E-state index is 10.6. The number of carboxylic acid groups (broad SMARTS) is 1. The Hall–Kier alpha value is -1.26. The number of aromatic hydroxyl groups is 1. The molecular weight excluding hydrogens is 254 g/mol. The molecule has 0 spiro atoms. The van der Waals surface area contributed by atoms with Crippen LogP contribution in [-0.4, -0.2) is 33.7 Å². The third kappa shape index (κ3) is 3.62. The van der Waals surface area contributed by atoms with Crippen molar-refractivity contribution < 1.29 is 15.0 Å². The van der Waals surface area contributed by atoms with E-state index in [2.05, 4.69) is 4.90 Å². The third-order valence-electron chi connectivity index (χ3n) is 3.09. The molecule has 0 bridgehead atoms. The molecule has 1 aliphatic rings. The minimum Gasteiger partial charge on any atom is -0.508 e. The van der Waals surface area contributed by atoms with Crippen molar-refractivity contribution in [1.82, 2.24) is 4.90 Å². The number of halogens is 1. The smallest absolute Gasteiger partial charge is 0.304 e. The van der Waals surface area contributed by atoms with Crippen molar-refractivity contribution in [3.63, 3.8) is 0 Å². The molecule has 5 heteroatoms. The molecule has 0 saturated heterocycles. The number of phenolic OH excluding ortho intramolecular Hbond substituents is 1. The van der Waals surface area contributed by atoms with Crippen LogP contribution < -0.4 is 0 Å². The zero-order chi connectivity index (χ0) is 13.1. The summed E-state index contributed by atoms with van der Waals surface area (Å²) in [5.74, 6) is -0.587. The van der Waals surface area contributed by atoms with Gasteiger partial charge >= 0.3 is 5.97 Å². The zero-order valence-corrected chi connectivity index (χ0v) is 10.7. The van der Waals surface area contributed by atoms with Crippen molar-refractivity contribution in [3.05, 3.63) is 28.8 Å². The summed E-state index contributed by atoms with van der Waals surface area (Å²) in [4.78, 5) is 12.7. The van der Waals surface area contributed by atoms with E-state index in [-0.39, 0.29) is 12.2 Å². The van der Waals surface area contributed by atoms with Gasteiger partial charge in [0.15, 0.2) is 0 Å². The first kappa shape index (κ1) is 13.2. The number of aliphatic carboxylic acids is 1. The summed E-state index contributed by atoms with van der Waals surface area (Å²) < 4.78 is 0. The second-order valence-electron chi connectivity index (χ2n) is 4.62. The Morgan fingerprint density at radius 2 is 2.17 bits per heavy atom. The van der Waals surface area contributed by atoms with Gasteiger partial charge in [-0.25, -0.2) is 0 Å². The van der Waals surface area contributed by atoms with Gasteiger partial charge in [0.05, 0.1) is 6.42 Å². The SMILES string of the molecule is O=C(O)CCN(Cc1cc(Cl)ccc1O)C1CC1.